The van der Waals surface area contributed by atoms with E-state index in [1.807, 2.05) is 0 Å². The van der Waals surface area contributed by atoms with Crippen molar-refractivity contribution in [1.82, 2.24) is 0 Å². The number of hydrogen-bond acceptors (Lipinski definition) is 4. The van der Waals surface area contributed by atoms with Crippen LogP contribution in [0.4, 0.5) is 18.9 Å². The molecule has 3 atom stereocenters. The van der Waals surface area contributed by atoms with Gasteiger partial charge in [-0.25, -0.2) is 8.42 Å². The Morgan fingerprint density at radius 1 is 1.10 bits per heavy atom. The van der Waals surface area contributed by atoms with Crippen LogP contribution in [0.5, 0.6) is 0 Å². The van der Waals surface area contributed by atoms with E-state index in [9.17, 15) is 30.9 Å². The minimum absolute atomic E-state index is 0.106. The largest absolute Gasteiger partial charge is 0.417 e. The molecular formula is C18H16Cl2F3NO4S2. The van der Waals surface area contributed by atoms with E-state index in [0.29, 0.717) is 25.3 Å². The molecule has 2 N–H and O–H groups in total. The topological polar surface area (TPSA) is 83.5 Å². The Bertz CT molecular complexity index is 1090. The maximum atomic E-state index is 13.1. The van der Waals surface area contributed by atoms with Crippen molar-refractivity contribution in [2.45, 2.75) is 46.6 Å². The molecule has 0 bridgehead atoms. The van der Waals surface area contributed by atoms with Crippen molar-refractivity contribution in [3.8, 4) is 0 Å². The fourth-order valence-corrected chi connectivity index (χ4v) is 6.33. The van der Waals surface area contributed by atoms with Gasteiger partial charge in [0.2, 0.25) is 0 Å². The summed E-state index contributed by atoms with van der Waals surface area (Å²) in [6.45, 7) is 0. The van der Waals surface area contributed by atoms with Crippen molar-refractivity contribution < 1.29 is 30.9 Å². The van der Waals surface area contributed by atoms with E-state index in [0.717, 1.165) is 12.1 Å². The van der Waals surface area contributed by atoms with Crippen molar-refractivity contribution in [3.05, 3.63) is 52.0 Å². The maximum Gasteiger partial charge on any atom is 0.417 e. The van der Waals surface area contributed by atoms with Crippen LogP contribution in [-0.4, -0.2) is 29.1 Å². The molecule has 1 fully saturated rings. The van der Waals surface area contributed by atoms with Gasteiger partial charge >= 0.3 is 6.18 Å². The average Bonchev–Trinajstić information content (AvgIpc) is 3.06. The zero-order valence-corrected chi connectivity index (χ0v) is 18.3. The molecule has 12 heteroatoms. The summed E-state index contributed by atoms with van der Waals surface area (Å²) in [4.78, 5) is -0.528. The summed E-state index contributed by atoms with van der Waals surface area (Å²) in [6.07, 6.45) is -4.14. The van der Waals surface area contributed by atoms with Crippen LogP contribution in [0.2, 0.25) is 10.0 Å². The van der Waals surface area contributed by atoms with Gasteiger partial charge in [0.25, 0.3) is 10.0 Å². The molecule has 0 saturated heterocycles. The minimum Gasteiger partial charge on any atom is -0.393 e. The monoisotopic (exact) mass is 501 g/mol. The lowest BCUT2D eigenvalue weighted by atomic mass is 10.2. The molecule has 0 aliphatic heterocycles. The summed E-state index contributed by atoms with van der Waals surface area (Å²) in [5.41, 5.74) is -1.40. The van der Waals surface area contributed by atoms with Crippen molar-refractivity contribution in [1.29, 1.82) is 0 Å². The van der Waals surface area contributed by atoms with Crippen LogP contribution in [0, 0.1) is 0 Å². The molecule has 2 aromatic rings. The SMILES string of the molecule is O=S(c1ccc(Cl)cc1NS(=O)(=O)c1ccc(Cl)c(C(F)(F)F)c1)C1CCC(O)C1. The number of alkyl halides is 3. The molecule has 5 nitrogen and oxygen atoms in total. The lowest BCUT2D eigenvalue weighted by molar-refractivity contribution is -0.137. The molecular weight excluding hydrogens is 486 g/mol. The fourth-order valence-electron chi connectivity index (χ4n) is 3.14. The van der Waals surface area contributed by atoms with Crippen LogP contribution in [0.25, 0.3) is 0 Å². The zero-order valence-electron chi connectivity index (χ0n) is 15.1. The van der Waals surface area contributed by atoms with Gasteiger partial charge in [-0.05, 0) is 55.7 Å². The third-order valence-electron chi connectivity index (χ3n) is 4.62. The van der Waals surface area contributed by atoms with Crippen LogP contribution in [0.1, 0.15) is 24.8 Å². The van der Waals surface area contributed by atoms with Crippen LogP contribution >= 0.6 is 23.2 Å². The highest BCUT2D eigenvalue weighted by Crippen LogP contribution is 2.37. The van der Waals surface area contributed by atoms with Gasteiger partial charge in [-0.1, -0.05) is 23.2 Å². The number of sulfonamides is 1. The molecule has 1 aliphatic rings. The summed E-state index contributed by atoms with van der Waals surface area (Å²) < 4.78 is 79.9. The highest BCUT2D eigenvalue weighted by Gasteiger charge is 2.35. The Morgan fingerprint density at radius 3 is 2.40 bits per heavy atom. The highest BCUT2D eigenvalue weighted by molar-refractivity contribution is 7.93. The molecule has 0 aromatic heterocycles. The van der Waals surface area contributed by atoms with Crippen LogP contribution < -0.4 is 4.72 Å². The van der Waals surface area contributed by atoms with Crippen LogP contribution in [-0.2, 0) is 27.0 Å². The van der Waals surface area contributed by atoms with Gasteiger partial charge in [0, 0.05) is 10.3 Å². The van der Waals surface area contributed by atoms with E-state index in [4.69, 9.17) is 23.2 Å². The molecule has 164 valence electrons. The van der Waals surface area contributed by atoms with Crippen molar-refractivity contribution in [2.75, 3.05) is 4.72 Å². The van der Waals surface area contributed by atoms with Gasteiger partial charge in [-0.2, -0.15) is 13.2 Å². The number of rotatable bonds is 5. The van der Waals surface area contributed by atoms with Crippen molar-refractivity contribution in [3.63, 3.8) is 0 Å². The van der Waals surface area contributed by atoms with Gasteiger partial charge in [-0.15, -0.1) is 0 Å². The van der Waals surface area contributed by atoms with Crippen LogP contribution in [0.15, 0.2) is 46.2 Å². The second-order valence-electron chi connectivity index (χ2n) is 6.77. The highest BCUT2D eigenvalue weighted by atomic mass is 35.5. The predicted molar refractivity (Wildman–Crippen MR) is 109 cm³/mol. The van der Waals surface area contributed by atoms with Gasteiger partial charge in [0.15, 0.2) is 0 Å². The quantitative estimate of drug-likeness (QED) is 0.614. The normalized spacial score (nSPS) is 20.9. The van der Waals surface area contributed by atoms with E-state index < -0.39 is 48.6 Å². The number of halogens is 5. The van der Waals surface area contributed by atoms with Gasteiger partial charge in [-0.3, -0.25) is 8.93 Å². The second kappa shape index (κ2) is 8.66. The summed E-state index contributed by atoms with van der Waals surface area (Å²) >= 11 is 11.5. The minimum atomic E-state index is -4.84. The third kappa shape index (κ3) is 5.11. The number of aliphatic hydroxyl groups excluding tert-OH is 1. The smallest absolute Gasteiger partial charge is 0.393 e. The molecule has 0 amide bonds. The van der Waals surface area contributed by atoms with Gasteiger partial charge < -0.3 is 5.11 Å². The van der Waals surface area contributed by atoms with Crippen molar-refractivity contribution in [2.24, 2.45) is 0 Å². The lowest BCUT2D eigenvalue weighted by Gasteiger charge is -2.17. The van der Waals surface area contributed by atoms with Gasteiger partial charge in [0.1, 0.15) is 0 Å². The molecule has 0 radical (unpaired) electrons. The Hall–Kier alpha value is -1.33. The first-order valence-corrected chi connectivity index (χ1v) is 12.1. The van der Waals surface area contributed by atoms with E-state index in [1.54, 1.807) is 0 Å². The number of anilines is 1. The molecule has 30 heavy (non-hydrogen) atoms. The van der Waals surface area contributed by atoms with E-state index >= 15 is 0 Å². The van der Waals surface area contributed by atoms with E-state index in [2.05, 4.69) is 4.72 Å². The number of nitrogens with one attached hydrogen (secondary N) is 1. The summed E-state index contributed by atoms with van der Waals surface area (Å²) in [6, 6.07) is 6.27. The zero-order chi connectivity index (χ0) is 22.3. The summed E-state index contributed by atoms with van der Waals surface area (Å²) in [5.74, 6) is 0. The number of hydrogen-bond donors (Lipinski definition) is 2. The Labute approximate surface area is 183 Å². The molecule has 0 spiro atoms. The van der Waals surface area contributed by atoms with E-state index in [-0.39, 0.29) is 20.9 Å². The van der Waals surface area contributed by atoms with Gasteiger partial charge in [0.05, 0.1) is 43.0 Å². The first kappa shape index (κ1) is 23.3. The average molecular weight is 502 g/mol. The number of aliphatic hydroxyl groups is 1. The summed E-state index contributed by atoms with van der Waals surface area (Å²) in [7, 11) is -6.13. The fraction of sp³-hybridized carbons (Fsp3) is 0.333. The lowest BCUT2D eigenvalue weighted by Crippen LogP contribution is -2.18. The molecule has 2 aromatic carbocycles. The van der Waals surface area contributed by atoms with Crippen molar-refractivity contribution >= 4 is 49.7 Å². The first-order chi connectivity index (χ1) is 13.9. The number of benzene rings is 2. The van der Waals surface area contributed by atoms with E-state index in [1.165, 1.54) is 18.2 Å². The standard InChI is InChI=1S/C18H16Cl2F3NO4S2/c19-10-1-6-17(29(26)12-3-2-11(25)8-12)16(7-10)24-30(27,28)13-4-5-15(20)14(9-13)18(21,22)23/h1,4-7,9,11-12,24-25H,2-3,8H2. The Morgan fingerprint density at radius 2 is 1.80 bits per heavy atom. The molecule has 1 aliphatic carbocycles. The third-order valence-corrected chi connectivity index (χ3v) is 8.37. The molecule has 3 unspecified atom stereocenters. The first-order valence-electron chi connectivity index (χ1n) is 8.66. The second-order valence-corrected chi connectivity index (χ2v) is 11.0. The summed E-state index contributed by atoms with van der Waals surface area (Å²) in [5, 5.41) is 8.82. The Balaban J connectivity index is 1.98. The molecule has 3 rings (SSSR count). The molecule has 1 saturated carbocycles. The van der Waals surface area contributed by atoms with Crippen LogP contribution in [0.3, 0.4) is 0 Å². The molecule has 0 heterocycles. The Kier molecular flexibility index (Phi) is 6.74. The predicted octanol–water partition coefficient (Wildman–Crippen LogP) is 4.83. The maximum absolute atomic E-state index is 13.1.